The molecule has 4 aromatic rings. The first-order chi connectivity index (χ1) is 18.6. The van der Waals surface area contributed by atoms with Gasteiger partial charge in [0.15, 0.2) is 5.82 Å². The Morgan fingerprint density at radius 1 is 0.947 bits per heavy atom. The largest absolute Gasteiger partial charge is 0.356 e. The van der Waals surface area contributed by atoms with Gasteiger partial charge in [0, 0.05) is 49.0 Å². The molecule has 2 aromatic heterocycles. The van der Waals surface area contributed by atoms with Crippen LogP contribution in [0.4, 0.5) is 5.82 Å². The molecule has 194 valence electrons. The van der Waals surface area contributed by atoms with Crippen molar-refractivity contribution in [2.24, 2.45) is 0 Å². The zero-order valence-corrected chi connectivity index (χ0v) is 21.9. The minimum atomic E-state index is 0.0434. The van der Waals surface area contributed by atoms with Gasteiger partial charge in [0.25, 0.3) is 5.91 Å². The van der Waals surface area contributed by atoms with E-state index < -0.39 is 0 Å². The lowest BCUT2D eigenvalue weighted by atomic mass is 9.95. The van der Waals surface area contributed by atoms with Crippen LogP contribution >= 0.6 is 0 Å². The molecule has 0 atom stereocenters. The third kappa shape index (κ3) is 4.78. The van der Waals surface area contributed by atoms with Gasteiger partial charge in [-0.3, -0.25) is 4.79 Å². The standard InChI is InChI=1S/C30H32N6O2/c1-20(2)29-33-27(34-38-29)23-12-15-35(16-13-23)28-25-18-36(17-14-26(25)31-19-32-28)30(37)24-10-8-22(9-11-24)21-6-4-3-5-7-21/h3-11,19-20,23H,12-18H2,1-2H3. The summed E-state index contributed by atoms with van der Waals surface area (Å²) in [7, 11) is 0. The van der Waals surface area contributed by atoms with Crippen molar-refractivity contribution in [2.75, 3.05) is 24.5 Å². The van der Waals surface area contributed by atoms with Crippen molar-refractivity contribution < 1.29 is 9.32 Å². The molecular formula is C30H32N6O2. The number of fused-ring (bicyclic) bond motifs is 1. The number of amides is 1. The molecular weight excluding hydrogens is 476 g/mol. The van der Waals surface area contributed by atoms with Gasteiger partial charge in [-0.1, -0.05) is 61.5 Å². The fourth-order valence-electron chi connectivity index (χ4n) is 5.39. The van der Waals surface area contributed by atoms with Crippen LogP contribution < -0.4 is 4.90 Å². The number of anilines is 1. The van der Waals surface area contributed by atoms with E-state index in [0.717, 1.165) is 66.4 Å². The van der Waals surface area contributed by atoms with E-state index in [1.54, 1.807) is 6.33 Å². The number of hydrogen-bond donors (Lipinski definition) is 0. The molecule has 0 bridgehead atoms. The molecule has 8 heteroatoms. The quantitative estimate of drug-likeness (QED) is 0.365. The zero-order valence-electron chi connectivity index (χ0n) is 21.9. The summed E-state index contributed by atoms with van der Waals surface area (Å²) in [5.74, 6) is 3.02. The number of carbonyl (C=O) groups excluding carboxylic acids is 1. The van der Waals surface area contributed by atoms with Crippen LogP contribution in [-0.2, 0) is 13.0 Å². The van der Waals surface area contributed by atoms with Crippen LogP contribution in [0.3, 0.4) is 0 Å². The first-order valence-corrected chi connectivity index (χ1v) is 13.4. The van der Waals surface area contributed by atoms with Gasteiger partial charge in [-0.15, -0.1) is 0 Å². The average Bonchev–Trinajstić information content (AvgIpc) is 3.48. The van der Waals surface area contributed by atoms with Crippen molar-refractivity contribution in [1.82, 2.24) is 25.0 Å². The highest BCUT2D eigenvalue weighted by molar-refractivity contribution is 5.95. The Hall–Kier alpha value is -4.07. The Kier molecular flexibility index (Phi) is 6.62. The van der Waals surface area contributed by atoms with Gasteiger partial charge >= 0.3 is 0 Å². The Morgan fingerprint density at radius 2 is 1.68 bits per heavy atom. The summed E-state index contributed by atoms with van der Waals surface area (Å²) in [6.45, 7) is 7.01. The van der Waals surface area contributed by atoms with E-state index in [2.05, 4.69) is 51.0 Å². The SMILES string of the molecule is CC(C)c1nc(C2CCN(c3ncnc4c3CN(C(=O)c3ccc(-c5ccccc5)cc3)CC4)CC2)no1. The van der Waals surface area contributed by atoms with Crippen LogP contribution in [0, 0.1) is 0 Å². The number of benzene rings is 2. The van der Waals surface area contributed by atoms with Crippen LogP contribution in [0.15, 0.2) is 65.4 Å². The Bertz CT molecular complexity index is 1410. The molecule has 0 radical (unpaired) electrons. The summed E-state index contributed by atoms with van der Waals surface area (Å²) in [5, 5.41) is 4.24. The van der Waals surface area contributed by atoms with Crippen LogP contribution in [0.25, 0.3) is 11.1 Å². The highest BCUT2D eigenvalue weighted by Gasteiger charge is 2.30. The van der Waals surface area contributed by atoms with Crippen molar-refractivity contribution in [3.8, 4) is 11.1 Å². The maximum Gasteiger partial charge on any atom is 0.254 e. The van der Waals surface area contributed by atoms with E-state index in [-0.39, 0.29) is 17.7 Å². The van der Waals surface area contributed by atoms with Gasteiger partial charge < -0.3 is 14.3 Å². The molecule has 0 saturated carbocycles. The number of rotatable bonds is 5. The van der Waals surface area contributed by atoms with Gasteiger partial charge in [0.05, 0.1) is 12.2 Å². The predicted molar refractivity (Wildman–Crippen MR) is 145 cm³/mol. The fourth-order valence-corrected chi connectivity index (χ4v) is 5.39. The fraction of sp³-hybridized carbons (Fsp3) is 0.367. The van der Waals surface area contributed by atoms with Crippen molar-refractivity contribution in [2.45, 2.75) is 51.5 Å². The van der Waals surface area contributed by atoms with E-state index >= 15 is 0 Å². The van der Waals surface area contributed by atoms with Gasteiger partial charge in [-0.05, 0) is 36.1 Å². The Balaban J connectivity index is 1.15. The normalized spacial score (nSPS) is 16.1. The molecule has 0 unspecified atom stereocenters. The lowest BCUT2D eigenvalue weighted by Gasteiger charge is -2.35. The van der Waals surface area contributed by atoms with Gasteiger partial charge in [-0.2, -0.15) is 4.98 Å². The zero-order chi connectivity index (χ0) is 26.1. The van der Waals surface area contributed by atoms with Gasteiger partial charge in [0.1, 0.15) is 12.1 Å². The van der Waals surface area contributed by atoms with E-state index in [9.17, 15) is 4.79 Å². The summed E-state index contributed by atoms with van der Waals surface area (Å²) < 4.78 is 5.43. The molecule has 2 aliphatic heterocycles. The molecule has 8 nitrogen and oxygen atoms in total. The van der Waals surface area contributed by atoms with Crippen LogP contribution in [-0.4, -0.2) is 50.5 Å². The third-order valence-corrected chi connectivity index (χ3v) is 7.62. The van der Waals surface area contributed by atoms with E-state index in [0.29, 0.717) is 24.5 Å². The van der Waals surface area contributed by atoms with Crippen molar-refractivity contribution in [3.05, 3.63) is 89.5 Å². The lowest BCUT2D eigenvalue weighted by Crippen LogP contribution is -2.39. The molecule has 4 heterocycles. The minimum Gasteiger partial charge on any atom is -0.356 e. The van der Waals surface area contributed by atoms with Gasteiger partial charge in [0.2, 0.25) is 5.89 Å². The average molecular weight is 509 g/mol. The summed E-state index contributed by atoms with van der Waals surface area (Å²) in [5.41, 5.74) is 5.05. The molecule has 38 heavy (non-hydrogen) atoms. The molecule has 2 aromatic carbocycles. The predicted octanol–water partition coefficient (Wildman–Crippen LogP) is 5.23. The van der Waals surface area contributed by atoms with Crippen LogP contribution in [0.5, 0.6) is 0 Å². The summed E-state index contributed by atoms with van der Waals surface area (Å²) >= 11 is 0. The summed E-state index contributed by atoms with van der Waals surface area (Å²) in [6.07, 6.45) is 4.27. The Labute approximate surface area is 222 Å². The lowest BCUT2D eigenvalue weighted by molar-refractivity contribution is 0.0733. The first-order valence-electron chi connectivity index (χ1n) is 13.4. The molecule has 1 amide bonds. The molecule has 6 rings (SSSR count). The summed E-state index contributed by atoms with van der Waals surface area (Å²) in [6, 6.07) is 18.1. The van der Waals surface area contributed by atoms with Crippen molar-refractivity contribution in [3.63, 3.8) is 0 Å². The second kappa shape index (κ2) is 10.4. The molecule has 1 saturated heterocycles. The van der Waals surface area contributed by atoms with Crippen molar-refractivity contribution >= 4 is 11.7 Å². The molecule has 0 aliphatic carbocycles. The number of hydrogen-bond acceptors (Lipinski definition) is 7. The second-order valence-electron chi connectivity index (χ2n) is 10.4. The highest BCUT2D eigenvalue weighted by atomic mass is 16.5. The number of nitrogens with zero attached hydrogens (tertiary/aromatic N) is 6. The summed E-state index contributed by atoms with van der Waals surface area (Å²) in [4.78, 5) is 31.5. The van der Waals surface area contributed by atoms with E-state index in [1.807, 2.05) is 47.4 Å². The highest BCUT2D eigenvalue weighted by Crippen LogP contribution is 2.33. The molecule has 2 aliphatic rings. The smallest absolute Gasteiger partial charge is 0.254 e. The van der Waals surface area contributed by atoms with E-state index in [4.69, 9.17) is 4.52 Å². The molecule has 1 fully saturated rings. The number of carbonyl (C=O) groups is 1. The third-order valence-electron chi connectivity index (χ3n) is 7.62. The second-order valence-corrected chi connectivity index (χ2v) is 10.4. The van der Waals surface area contributed by atoms with E-state index in [1.165, 1.54) is 0 Å². The topological polar surface area (TPSA) is 88.3 Å². The minimum absolute atomic E-state index is 0.0434. The first kappa shape index (κ1) is 24.3. The molecule has 0 spiro atoms. The number of piperidine rings is 1. The van der Waals surface area contributed by atoms with Gasteiger partial charge in [-0.25, -0.2) is 9.97 Å². The molecule has 0 N–H and O–H groups in total. The number of aromatic nitrogens is 4. The maximum absolute atomic E-state index is 13.4. The van der Waals surface area contributed by atoms with Crippen LogP contribution in [0.1, 0.15) is 71.9 Å². The Morgan fingerprint density at radius 3 is 2.39 bits per heavy atom. The van der Waals surface area contributed by atoms with Crippen molar-refractivity contribution in [1.29, 1.82) is 0 Å². The maximum atomic E-state index is 13.4. The van der Waals surface area contributed by atoms with Crippen LogP contribution in [0.2, 0.25) is 0 Å². The monoisotopic (exact) mass is 508 g/mol.